The quantitative estimate of drug-likeness (QED) is 0.188. The molecule has 0 aliphatic carbocycles. The van der Waals surface area contributed by atoms with Crippen molar-refractivity contribution < 1.29 is 19.0 Å². The molecule has 0 saturated carbocycles. The molecular formula is C31H32O4S. The maximum atomic E-state index is 12.0. The molecule has 0 aliphatic heterocycles. The van der Waals surface area contributed by atoms with Crippen LogP contribution in [0.3, 0.4) is 0 Å². The van der Waals surface area contributed by atoms with E-state index in [4.69, 9.17) is 14.2 Å². The van der Waals surface area contributed by atoms with Crippen molar-refractivity contribution in [2.75, 3.05) is 7.11 Å². The van der Waals surface area contributed by atoms with Gasteiger partial charge in [0.1, 0.15) is 17.1 Å². The van der Waals surface area contributed by atoms with Crippen LogP contribution in [0.5, 0.6) is 17.2 Å². The third-order valence-electron chi connectivity index (χ3n) is 5.60. The Bertz CT molecular complexity index is 1390. The van der Waals surface area contributed by atoms with Crippen LogP contribution in [0.2, 0.25) is 0 Å². The number of hydrogen-bond acceptors (Lipinski definition) is 5. The summed E-state index contributed by atoms with van der Waals surface area (Å²) in [6.07, 6.45) is 3.19. The Kier molecular flexibility index (Phi) is 7.51. The number of carbonyl (C=O) groups excluding carboxylic acids is 1. The molecule has 0 saturated heterocycles. The van der Waals surface area contributed by atoms with E-state index in [0.29, 0.717) is 5.92 Å². The number of hydrogen-bond donors (Lipinski definition) is 0. The van der Waals surface area contributed by atoms with Crippen LogP contribution in [0.4, 0.5) is 0 Å². The van der Waals surface area contributed by atoms with Crippen molar-refractivity contribution in [3.8, 4) is 27.7 Å². The summed E-state index contributed by atoms with van der Waals surface area (Å²) in [7, 11) is 1.68. The summed E-state index contributed by atoms with van der Waals surface area (Å²) in [5, 5.41) is 1.04. The summed E-state index contributed by atoms with van der Waals surface area (Å²) >= 11 is 1.71. The lowest BCUT2D eigenvalue weighted by atomic mass is 9.96. The molecule has 5 heteroatoms. The molecule has 3 aromatic carbocycles. The molecule has 0 atom stereocenters. The number of rotatable bonds is 7. The highest BCUT2D eigenvalue weighted by molar-refractivity contribution is 7.22. The third kappa shape index (κ3) is 5.97. The largest absolute Gasteiger partial charge is 0.497 e. The van der Waals surface area contributed by atoms with Gasteiger partial charge in [0.25, 0.3) is 0 Å². The van der Waals surface area contributed by atoms with E-state index in [0.717, 1.165) is 37.8 Å². The van der Waals surface area contributed by atoms with Gasteiger partial charge in [-0.1, -0.05) is 50.2 Å². The maximum absolute atomic E-state index is 12.0. The van der Waals surface area contributed by atoms with E-state index in [1.54, 1.807) is 24.5 Å². The zero-order chi connectivity index (χ0) is 25.9. The summed E-state index contributed by atoms with van der Waals surface area (Å²) in [5.41, 5.74) is 2.83. The van der Waals surface area contributed by atoms with Gasteiger partial charge in [0.05, 0.1) is 12.0 Å². The first kappa shape index (κ1) is 25.5. The second kappa shape index (κ2) is 10.6. The fourth-order valence-corrected chi connectivity index (χ4v) is 5.14. The van der Waals surface area contributed by atoms with E-state index in [9.17, 15) is 4.79 Å². The maximum Gasteiger partial charge on any atom is 0.331 e. The molecule has 4 rings (SSSR count). The van der Waals surface area contributed by atoms with Crippen molar-refractivity contribution in [2.45, 2.75) is 46.1 Å². The average Bonchev–Trinajstić information content (AvgIpc) is 3.19. The van der Waals surface area contributed by atoms with Gasteiger partial charge in [0.15, 0.2) is 5.75 Å². The first-order chi connectivity index (χ1) is 17.1. The second-order valence-corrected chi connectivity index (χ2v) is 11.0. The van der Waals surface area contributed by atoms with Crippen molar-refractivity contribution in [3.05, 3.63) is 83.9 Å². The normalized spacial score (nSPS) is 11.9. The highest BCUT2D eigenvalue weighted by atomic mass is 32.1. The Morgan fingerprint density at radius 1 is 0.944 bits per heavy atom. The smallest absolute Gasteiger partial charge is 0.331 e. The number of ether oxygens (including phenoxy) is 3. The van der Waals surface area contributed by atoms with E-state index in [1.165, 1.54) is 17.2 Å². The van der Waals surface area contributed by atoms with Gasteiger partial charge in [-0.25, -0.2) is 4.79 Å². The molecule has 4 aromatic rings. The van der Waals surface area contributed by atoms with Crippen molar-refractivity contribution >= 4 is 33.5 Å². The lowest BCUT2D eigenvalue weighted by Crippen LogP contribution is -2.22. The van der Waals surface area contributed by atoms with Gasteiger partial charge in [-0.15, -0.1) is 11.3 Å². The molecule has 1 aromatic heterocycles. The van der Waals surface area contributed by atoms with Crippen LogP contribution in [-0.2, 0) is 9.53 Å². The summed E-state index contributed by atoms with van der Waals surface area (Å²) in [6.45, 7) is 9.97. The molecule has 0 N–H and O–H groups in total. The van der Waals surface area contributed by atoms with Crippen LogP contribution in [0.25, 0.3) is 26.6 Å². The van der Waals surface area contributed by atoms with Crippen LogP contribution in [0, 0.1) is 0 Å². The molecule has 0 unspecified atom stereocenters. The van der Waals surface area contributed by atoms with Gasteiger partial charge in [0.2, 0.25) is 0 Å². The number of esters is 1. The van der Waals surface area contributed by atoms with Crippen LogP contribution in [0.15, 0.2) is 72.8 Å². The second-order valence-electron chi connectivity index (χ2n) is 9.90. The molecule has 0 bridgehead atoms. The van der Waals surface area contributed by atoms with E-state index in [-0.39, 0.29) is 5.97 Å². The summed E-state index contributed by atoms with van der Waals surface area (Å²) < 4.78 is 18.4. The molecule has 0 spiro atoms. The van der Waals surface area contributed by atoms with Crippen molar-refractivity contribution in [1.82, 2.24) is 0 Å². The van der Waals surface area contributed by atoms with Crippen LogP contribution in [-0.4, -0.2) is 18.7 Å². The van der Waals surface area contributed by atoms with E-state index in [1.807, 2.05) is 51.1 Å². The molecule has 0 amide bonds. The molecule has 1 heterocycles. The Labute approximate surface area is 217 Å². The molecule has 0 aliphatic rings. The predicted molar refractivity (Wildman–Crippen MR) is 149 cm³/mol. The topological polar surface area (TPSA) is 44.8 Å². The molecule has 36 heavy (non-hydrogen) atoms. The van der Waals surface area contributed by atoms with Gasteiger partial charge in [-0.05, 0) is 79.8 Å². The number of carbonyl (C=O) groups is 1. The Balaban J connectivity index is 1.68. The summed E-state index contributed by atoms with van der Waals surface area (Å²) in [6, 6.07) is 22.3. The molecule has 0 fully saturated rings. The number of thiophene rings is 1. The minimum absolute atomic E-state index is 0.364. The number of methoxy groups -OCH3 is 1. The van der Waals surface area contributed by atoms with E-state index < -0.39 is 5.60 Å². The minimum Gasteiger partial charge on any atom is -0.497 e. The van der Waals surface area contributed by atoms with Crippen LogP contribution >= 0.6 is 11.3 Å². The summed E-state index contributed by atoms with van der Waals surface area (Å²) in [5.74, 6) is 2.40. The van der Waals surface area contributed by atoms with Gasteiger partial charge < -0.3 is 14.2 Å². The minimum atomic E-state index is -0.516. The third-order valence-corrected chi connectivity index (χ3v) is 6.76. The predicted octanol–water partition coefficient (Wildman–Crippen LogP) is 8.85. The van der Waals surface area contributed by atoms with Crippen molar-refractivity contribution in [1.29, 1.82) is 0 Å². The van der Waals surface area contributed by atoms with Gasteiger partial charge in [-0.3, -0.25) is 0 Å². The van der Waals surface area contributed by atoms with Gasteiger partial charge >= 0.3 is 5.97 Å². The van der Waals surface area contributed by atoms with Crippen LogP contribution < -0.4 is 9.47 Å². The number of fused-ring (bicyclic) bond motifs is 1. The van der Waals surface area contributed by atoms with E-state index >= 15 is 0 Å². The Hall–Kier alpha value is -3.57. The van der Waals surface area contributed by atoms with E-state index in [2.05, 4.69) is 50.2 Å². The highest BCUT2D eigenvalue weighted by Gasteiger charge is 2.20. The Morgan fingerprint density at radius 3 is 2.31 bits per heavy atom. The molecule has 4 nitrogen and oxygen atoms in total. The fourth-order valence-electron chi connectivity index (χ4n) is 3.93. The Morgan fingerprint density at radius 2 is 1.64 bits per heavy atom. The number of benzene rings is 3. The van der Waals surface area contributed by atoms with Gasteiger partial charge in [-0.2, -0.15) is 0 Å². The molecule has 0 radical (unpaired) electrons. The first-order valence-corrected chi connectivity index (χ1v) is 12.8. The monoisotopic (exact) mass is 500 g/mol. The molecular weight excluding hydrogens is 468 g/mol. The lowest BCUT2D eigenvalue weighted by molar-refractivity contribution is -0.148. The highest BCUT2D eigenvalue weighted by Crippen LogP contribution is 2.48. The van der Waals surface area contributed by atoms with Gasteiger partial charge in [0, 0.05) is 16.2 Å². The SMILES string of the molecule is COc1ccc2c(Oc3ccc(C=CC(=O)OC(C)(C)C)cc3)c(-c3ccccc3C(C)C)sc2c1. The molecule has 186 valence electrons. The average molecular weight is 501 g/mol. The zero-order valence-corrected chi connectivity index (χ0v) is 22.4. The zero-order valence-electron chi connectivity index (χ0n) is 21.6. The van der Waals surface area contributed by atoms with Crippen LogP contribution in [0.1, 0.15) is 51.7 Å². The first-order valence-electron chi connectivity index (χ1n) is 12.0. The summed E-state index contributed by atoms with van der Waals surface area (Å²) in [4.78, 5) is 13.1. The lowest BCUT2D eigenvalue weighted by Gasteiger charge is -2.17. The van der Waals surface area contributed by atoms with Crippen molar-refractivity contribution in [2.24, 2.45) is 0 Å². The standard InChI is InChI=1S/C31H32O4S/c1-20(2)24-9-7-8-10-25(24)30-29(26-17-16-23(33-6)19-27(26)36-30)34-22-14-11-21(12-15-22)13-18-28(32)35-31(3,4)5/h7-20H,1-6H3. The fraction of sp³-hybridized carbons (Fsp3) is 0.258. The van der Waals surface area contributed by atoms with Crippen molar-refractivity contribution in [3.63, 3.8) is 0 Å².